The Kier molecular flexibility index (Phi) is 22.3. The number of phenols is 2. The van der Waals surface area contributed by atoms with Crippen molar-refractivity contribution < 1.29 is 92.8 Å². The predicted molar refractivity (Wildman–Crippen MR) is 262 cm³/mol. The van der Waals surface area contributed by atoms with Gasteiger partial charge >= 0.3 is 17.9 Å². The molecule has 0 amide bonds. The van der Waals surface area contributed by atoms with Crippen molar-refractivity contribution in [2.45, 2.75) is 180 Å². The lowest BCUT2D eigenvalue weighted by molar-refractivity contribution is -0.335. The van der Waals surface area contributed by atoms with Crippen molar-refractivity contribution in [3.05, 3.63) is 79.9 Å². The second-order valence-electron chi connectivity index (χ2n) is 19.0. The third kappa shape index (κ3) is 14.7. The highest BCUT2D eigenvalue weighted by Crippen LogP contribution is 2.45. The Bertz CT molecular complexity index is 2220. The zero-order valence-corrected chi connectivity index (χ0v) is 44.3. The molecular formula is C51H72Cl2O19. The molecule has 0 bridgehead atoms. The molecule has 19 nitrogen and oxygen atoms in total. The normalized spacial score (nSPS) is 34.8. The van der Waals surface area contributed by atoms with E-state index in [0.29, 0.717) is 16.7 Å². The summed E-state index contributed by atoms with van der Waals surface area (Å²) in [5, 5.41) is 76.3. The zero-order chi connectivity index (χ0) is 54.1. The molecule has 404 valence electrons. The van der Waals surface area contributed by atoms with Crippen molar-refractivity contribution >= 4 is 41.1 Å². The molecule has 7 N–H and O–H groups in total. The number of halogens is 2. The van der Waals surface area contributed by atoms with E-state index < -0.39 is 144 Å². The van der Waals surface area contributed by atoms with Gasteiger partial charge in [-0.15, -0.1) is 0 Å². The summed E-state index contributed by atoms with van der Waals surface area (Å²) in [6, 6.07) is 0. The predicted octanol–water partition coefficient (Wildman–Crippen LogP) is 5.22. The number of aliphatic hydroxyl groups excluding tert-OH is 5. The number of carbonyl (C=O) groups excluding carboxylic acids is 3. The summed E-state index contributed by atoms with van der Waals surface area (Å²) in [6.45, 7) is 15.8. The van der Waals surface area contributed by atoms with Crippen LogP contribution in [0.25, 0.3) is 0 Å². The van der Waals surface area contributed by atoms with Gasteiger partial charge in [0.05, 0.1) is 41.4 Å². The van der Waals surface area contributed by atoms with E-state index >= 15 is 0 Å². The molecule has 3 aliphatic heterocycles. The number of cyclic esters (lactones) is 1. The summed E-state index contributed by atoms with van der Waals surface area (Å²) in [5.41, 5.74) is -0.0586. The zero-order valence-electron chi connectivity index (χ0n) is 42.7. The fraction of sp³-hybridized carbons (Fsp3) is 0.627. The van der Waals surface area contributed by atoms with Crippen LogP contribution in [0.1, 0.15) is 98.0 Å². The minimum absolute atomic E-state index is 0.0378. The van der Waals surface area contributed by atoms with Crippen LogP contribution < -0.4 is 0 Å². The van der Waals surface area contributed by atoms with Gasteiger partial charge in [0.25, 0.3) is 0 Å². The molecule has 2 fully saturated rings. The van der Waals surface area contributed by atoms with Crippen LogP contribution in [0, 0.1) is 5.92 Å². The van der Waals surface area contributed by atoms with Gasteiger partial charge in [-0.2, -0.15) is 0 Å². The number of hydrogen-bond donors (Lipinski definition) is 7. The second-order valence-corrected chi connectivity index (χ2v) is 19.7. The van der Waals surface area contributed by atoms with Crippen molar-refractivity contribution in [2.75, 3.05) is 20.8 Å². The minimum Gasteiger partial charge on any atom is -0.505 e. The maximum atomic E-state index is 13.9. The molecule has 3 aliphatic rings. The fourth-order valence-electron chi connectivity index (χ4n) is 8.28. The first kappa shape index (κ1) is 60.6. The first-order chi connectivity index (χ1) is 33.7. The number of carbonyl (C=O) groups is 3. The number of rotatable bonds is 13. The van der Waals surface area contributed by atoms with E-state index in [1.54, 1.807) is 79.7 Å². The minimum atomic E-state index is -1.66. The SMILES string of the molecule is CCc1c(Cl)c(O)c(Cl)c(O)c1C(=O)O[C@H]1[C@H](O)[C@H](OC)[C@H](OC/C2=C\C=C\C[C@H](O)/C(C)=C\[C@H](OC)[C@@H](O[C@@H]3OC(C)(C)[C@@H](OC(=O)C(C)C)[C@H](O)[C@@H]3O)/C(C)=C/C(C)=C/C[C@@H]([C@@H](C)O)OC2=O)O[C@@H]1C. The van der Waals surface area contributed by atoms with E-state index in [9.17, 15) is 50.1 Å². The molecule has 14 atom stereocenters. The van der Waals surface area contributed by atoms with Crippen LogP contribution in [-0.4, -0.2) is 166 Å². The van der Waals surface area contributed by atoms with Crippen LogP contribution in [-0.2, 0) is 58.6 Å². The smallest absolute Gasteiger partial charge is 0.342 e. The molecule has 0 aromatic heterocycles. The van der Waals surface area contributed by atoms with E-state index in [-0.39, 0.29) is 35.4 Å². The number of ether oxygens (including phenoxy) is 9. The summed E-state index contributed by atoms with van der Waals surface area (Å²) in [7, 11) is 2.70. The fourth-order valence-corrected chi connectivity index (χ4v) is 8.84. The quantitative estimate of drug-likeness (QED) is 0.0757. The van der Waals surface area contributed by atoms with E-state index in [1.165, 1.54) is 40.2 Å². The van der Waals surface area contributed by atoms with Crippen LogP contribution in [0.2, 0.25) is 10.0 Å². The monoisotopic (exact) mass is 1060 g/mol. The summed E-state index contributed by atoms with van der Waals surface area (Å²) in [6.07, 6.45) is -7.99. The summed E-state index contributed by atoms with van der Waals surface area (Å²) in [5.74, 6) is -4.46. The maximum Gasteiger partial charge on any atom is 0.342 e. The Morgan fingerprint density at radius 2 is 1.56 bits per heavy atom. The molecule has 0 aliphatic carbocycles. The highest BCUT2D eigenvalue weighted by atomic mass is 35.5. The summed E-state index contributed by atoms with van der Waals surface area (Å²) < 4.78 is 53.2. The van der Waals surface area contributed by atoms with Gasteiger partial charge in [0.1, 0.15) is 58.9 Å². The number of esters is 3. The molecule has 0 spiro atoms. The number of methoxy groups -OCH3 is 2. The van der Waals surface area contributed by atoms with Gasteiger partial charge in [-0.25, -0.2) is 9.59 Å². The summed E-state index contributed by atoms with van der Waals surface area (Å²) >= 11 is 12.3. The largest absolute Gasteiger partial charge is 0.505 e. The molecule has 72 heavy (non-hydrogen) atoms. The molecular weight excluding hydrogens is 987 g/mol. The Morgan fingerprint density at radius 1 is 0.889 bits per heavy atom. The van der Waals surface area contributed by atoms with Gasteiger partial charge in [0.2, 0.25) is 0 Å². The van der Waals surface area contributed by atoms with Gasteiger partial charge in [-0.3, -0.25) is 4.79 Å². The number of aromatic hydroxyl groups is 2. The van der Waals surface area contributed by atoms with Gasteiger partial charge in [0.15, 0.2) is 36.3 Å². The molecule has 2 saturated heterocycles. The van der Waals surface area contributed by atoms with Gasteiger partial charge in [0, 0.05) is 20.6 Å². The Morgan fingerprint density at radius 3 is 2.15 bits per heavy atom. The van der Waals surface area contributed by atoms with E-state index in [2.05, 4.69) is 0 Å². The van der Waals surface area contributed by atoms with Crippen LogP contribution in [0.4, 0.5) is 0 Å². The number of phenolic OH excluding ortho intramolecular Hbond substituents is 2. The Balaban J connectivity index is 1.61. The molecule has 1 aromatic carbocycles. The standard InChI is InChI=1S/C51H72Cl2O19/c1-13-30-34(37(56)36(53)38(57)35(30)52)48(63)69-43-28(8)67-50(44(65-12)41(43)60)66-22-29-16-14-15-17-31(55)25(5)21-33(64-11)42(26(6)20-24(4)18-19-32(27(7)54)68-47(29)62)70-49-40(59)39(58)45(51(9,10)72-49)71-46(61)23(2)3/h14-16,18,20-21,23,27-28,31-33,39-45,49-50,54-60H,13,17,19,22H2,1-12H3/b15-14+,24-18+,25-21-,26-20+,29-16+/t27-,28-,31+,32+,33+,39-,40+,41+,42+,43-,44+,45+,49-,50-/m1/s1. The van der Waals surface area contributed by atoms with Crippen molar-refractivity contribution in [1.29, 1.82) is 0 Å². The van der Waals surface area contributed by atoms with E-state index in [0.717, 1.165) is 0 Å². The Hall–Kier alpha value is -3.93. The molecule has 1 aromatic rings. The van der Waals surface area contributed by atoms with Crippen molar-refractivity contribution in [3.63, 3.8) is 0 Å². The first-order valence-corrected chi connectivity index (χ1v) is 24.5. The third-order valence-electron chi connectivity index (χ3n) is 12.6. The maximum absolute atomic E-state index is 13.9. The van der Waals surface area contributed by atoms with Crippen LogP contribution in [0.15, 0.2) is 58.7 Å². The lowest BCUT2D eigenvalue weighted by atomic mass is 9.89. The average Bonchev–Trinajstić information content (AvgIpc) is 3.32. The Labute approximate surface area is 430 Å². The lowest BCUT2D eigenvalue weighted by Crippen LogP contribution is -2.64. The van der Waals surface area contributed by atoms with Crippen LogP contribution in [0.5, 0.6) is 11.5 Å². The molecule has 21 heteroatoms. The number of allylic oxidation sites excluding steroid dienone is 4. The van der Waals surface area contributed by atoms with E-state index in [1.807, 2.05) is 0 Å². The number of benzene rings is 1. The third-order valence-corrected chi connectivity index (χ3v) is 13.4. The van der Waals surface area contributed by atoms with Crippen LogP contribution in [0.3, 0.4) is 0 Å². The van der Waals surface area contributed by atoms with E-state index in [4.69, 9.17) is 65.8 Å². The highest BCUT2D eigenvalue weighted by molar-refractivity contribution is 6.39. The van der Waals surface area contributed by atoms with Gasteiger partial charge in [-0.05, 0) is 84.1 Å². The number of hydrogen-bond acceptors (Lipinski definition) is 19. The van der Waals surface area contributed by atoms with Gasteiger partial charge in [-0.1, -0.05) is 79.9 Å². The lowest BCUT2D eigenvalue weighted by Gasteiger charge is -2.47. The van der Waals surface area contributed by atoms with Crippen molar-refractivity contribution in [2.24, 2.45) is 5.92 Å². The molecule has 0 saturated carbocycles. The first-order valence-electron chi connectivity index (χ1n) is 23.7. The average molecular weight is 1060 g/mol. The second kappa shape index (κ2) is 26.5. The summed E-state index contributed by atoms with van der Waals surface area (Å²) in [4.78, 5) is 40.0. The van der Waals surface area contributed by atoms with Crippen molar-refractivity contribution in [1.82, 2.24) is 0 Å². The highest BCUT2D eigenvalue weighted by Gasteiger charge is 2.53. The molecule has 0 unspecified atom stereocenters. The number of aliphatic hydroxyl groups is 5. The van der Waals surface area contributed by atoms with Gasteiger partial charge < -0.3 is 78.4 Å². The van der Waals surface area contributed by atoms with Crippen LogP contribution >= 0.6 is 23.2 Å². The topological polar surface area (TPSA) is 276 Å². The molecule has 0 radical (unpaired) electrons. The van der Waals surface area contributed by atoms with Crippen molar-refractivity contribution in [3.8, 4) is 11.5 Å². The molecule has 3 heterocycles. The molecule has 4 rings (SSSR count).